The average Bonchev–Trinajstić information content (AvgIpc) is 3.14. The molecule has 5 nitrogen and oxygen atoms in total. The number of nitrogens with zero attached hydrogens (tertiary/aromatic N) is 2. The van der Waals surface area contributed by atoms with Gasteiger partial charge in [0.1, 0.15) is 17.4 Å². The molecule has 32 heavy (non-hydrogen) atoms. The lowest BCUT2D eigenvalue weighted by Gasteiger charge is -2.17. The van der Waals surface area contributed by atoms with E-state index in [1.165, 1.54) is 0 Å². The normalized spacial score (nSPS) is 14.3. The molecule has 1 aromatic heterocycles. The standard InChI is InChI=1S/C26H24N2O3S/c1-30-21-10-8-18(9-11-21)5-4-12-28-13-14-31-25-20(17-28)15-19(16-23(25)29)26-27-22-6-2-3-7-24(22)32-26/h2-11,15-16,29H,12-14,17H2,1H3. The molecule has 0 saturated heterocycles. The molecule has 0 bridgehead atoms. The molecule has 0 atom stereocenters. The van der Waals surface area contributed by atoms with Gasteiger partial charge in [-0.3, -0.25) is 4.90 Å². The van der Waals surface area contributed by atoms with Gasteiger partial charge in [0.15, 0.2) is 11.5 Å². The van der Waals surface area contributed by atoms with Gasteiger partial charge in [-0.2, -0.15) is 0 Å². The van der Waals surface area contributed by atoms with Crippen molar-refractivity contribution in [2.24, 2.45) is 0 Å². The van der Waals surface area contributed by atoms with Crippen molar-refractivity contribution >= 4 is 27.6 Å². The molecule has 5 rings (SSSR count). The predicted octanol–water partition coefficient (Wildman–Crippen LogP) is 5.59. The minimum Gasteiger partial charge on any atom is -0.504 e. The predicted molar refractivity (Wildman–Crippen MR) is 130 cm³/mol. The fourth-order valence-electron chi connectivity index (χ4n) is 3.88. The number of benzene rings is 3. The van der Waals surface area contributed by atoms with Crippen molar-refractivity contribution in [3.05, 3.63) is 77.9 Å². The molecule has 6 heteroatoms. The Morgan fingerprint density at radius 2 is 2.00 bits per heavy atom. The number of aromatic nitrogens is 1. The molecule has 0 aliphatic carbocycles. The molecule has 2 heterocycles. The van der Waals surface area contributed by atoms with Crippen LogP contribution in [0.1, 0.15) is 11.1 Å². The van der Waals surface area contributed by atoms with Crippen LogP contribution in [0.5, 0.6) is 17.2 Å². The van der Waals surface area contributed by atoms with Crippen LogP contribution in [-0.2, 0) is 6.54 Å². The number of methoxy groups -OCH3 is 1. The minimum absolute atomic E-state index is 0.174. The first-order chi connectivity index (χ1) is 15.7. The van der Waals surface area contributed by atoms with E-state index in [0.717, 1.165) is 50.8 Å². The van der Waals surface area contributed by atoms with Crippen molar-refractivity contribution in [3.8, 4) is 27.8 Å². The van der Waals surface area contributed by atoms with Crippen LogP contribution in [0.3, 0.4) is 0 Å². The van der Waals surface area contributed by atoms with Crippen LogP contribution < -0.4 is 9.47 Å². The number of hydrogen-bond donors (Lipinski definition) is 1. The van der Waals surface area contributed by atoms with Crippen LogP contribution >= 0.6 is 11.3 Å². The molecule has 1 N–H and O–H groups in total. The van der Waals surface area contributed by atoms with E-state index in [2.05, 4.69) is 29.2 Å². The summed E-state index contributed by atoms with van der Waals surface area (Å²) in [4.78, 5) is 7.06. The number of fused-ring (bicyclic) bond motifs is 2. The maximum absolute atomic E-state index is 10.7. The maximum atomic E-state index is 10.7. The quantitative estimate of drug-likeness (QED) is 0.435. The van der Waals surface area contributed by atoms with E-state index < -0.39 is 0 Å². The van der Waals surface area contributed by atoms with E-state index in [9.17, 15) is 5.11 Å². The lowest BCUT2D eigenvalue weighted by molar-refractivity contribution is 0.239. The van der Waals surface area contributed by atoms with Crippen LogP contribution in [0.2, 0.25) is 0 Å². The second kappa shape index (κ2) is 9.02. The fourth-order valence-corrected chi connectivity index (χ4v) is 4.83. The van der Waals surface area contributed by atoms with E-state index in [-0.39, 0.29) is 5.75 Å². The largest absolute Gasteiger partial charge is 0.504 e. The SMILES string of the molecule is COc1ccc(C=CCN2CCOc3c(O)cc(-c4nc5ccccc5s4)cc3C2)cc1. The molecule has 0 fully saturated rings. The van der Waals surface area contributed by atoms with Crippen molar-refractivity contribution in [2.75, 3.05) is 26.8 Å². The number of rotatable bonds is 5. The molecule has 162 valence electrons. The molecule has 3 aromatic carbocycles. The van der Waals surface area contributed by atoms with Crippen LogP contribution in [0.15, 0.2) is 66.7 Å². The Labute approximate surface area is 191 Å². The topological polar surface area (TPSA) is 54.8 Å². The summed E-state index contributed by atoms with van der Waals surface area (Å²) < 4.78 is 12.3. The van der Waals surface area contributed by atoms with Gasteiger partial charge in [0, 0.05) is 30.8 Å². The summed E-state index contributed by atoms with van der Waals surface area (Å²) in [5, 5.41) is 11.6. The second-order valence-corrected chi connectivity index (χ2v) is 8.76. The van der Waals surface area contributed by atoms with Crippen molar-refractivity contribution < 1.29 is 14.6 Å². The van der Waals surface area contributed by atoms with E-state index >= 15 is 0 Å². The van der Waals surface area contributed by atoms with Crippen molar-refractivity contribution in [1.29, 1.82) is 0 Å². The molecular formula is C26H24N2O3S. The first-order valence-corrected chi connectivity index (χ1v) is 11.4. The van der Waals surface area contributed by atoms with Crippen LogP contribution in [-0.4, -0.2) is 41.8 Å². The van der Waals surface area contributed by atoms with Gasteiger partial charge in [-0.05, 0) is 42.0 Å². The molecule has 0 unspecified atom stereocenters. The number of ether oxygens (including phenoxy) is 2. The Balaban J connectivity index is 1.35. The second-order valence-electron chi connectivity index (χ2n) is 7.73. The molecule has 4 aromatic rings. The summed E-state index contributed by atoms with van der Waals surface area (Å²) in [6.45, 7) is 2.82. The summed E-state index contributed by atoms with van der Waals surface area (Å²) >= 11 is 1.63. The molecule has 1 aliphatic heterocycles. The van der Waals surface area contributed by atoms with Gasteiger partial charge in [0.05, 0.1) is 17.3 Å². The van der Waals surface area contributed by atoms with Crippen LogP contribution in [0.4, 0.5) is 0 Å². The summed E-state index contributed by atoms with van der Waals surface area (Å²) in [5.74, 6) is 1.61. The highest BCUT2D eigenvalue weighted by Crippen LogP contribution is 2.39. The zero-order valence-corrected chi connectivity index (χ0v) is 18.6. The van der Waals surface area contributed by atoms with E-state index in [0.29, 0.717) is 18.9 Å². The summed E-state index contributed by atoms with van der Waals surface area (Å²) in [5.41, 5.74) is 4.01. The van der Waals surface area contributed by atoms with Gasteiger partial charge < -0.3 is 14.6 Å². The Morgan fingerprint density at radius 3 is 2.81 bits per heavy atom. The molecule has 1 aliphatic rings. The smallest absolute Gasteiger partial charge is 0.165 e. The highest BCUT2D eigenvalue weighted by molar-refractivity contribution is 7.21. The highest BCUT2D eigenvalue weighted by Gasteiger charge is 2.20. The Hall–Kier alpha value is -3.35. The number of para-hydroxylation sites is 1. The average molecular weight is 445 g/mol. The molecule has 0 spiro atoms. The lowest BCUT2D eigenvalue weighted by atomic mass is 10.1. The molecule has 0 saturated carbocycles. The first kappa shape index (κ1) is 20.5. The third kappa shape index (κ3) is 4.33. The zero-order valence-electron chi connectivity index (χ0n) is 17.8. The van der Waals surface area contributed by atoms with Gasteiger partial charge in [-0.25, -0.2) is 4.98 Å². The van der Waals surface area contributed by atoms with Crippen LogP contribution in [0, 0.1) is 0 Å². The monoisotopic (exact) mass is 444 g/mol. The zero-order chi connectivity index (χ0) is 21.9. The minimum atomic E-state index is 0.174. The summed E-state index contributed by atoms with van der Waals surface area (Å²) in [7, 11) is 1.67. The Morgan fingerprint density at radius 1 is 1.16 bits per heavy atom. The number of hydrogen-bond acceptors (Lipinski definition) is 6. The lowest BCUT2D eigenvalue weighted by Crippen LogP contribution is -2.25. The Bertz CT molecular complexity index is 1230. The maximum Gasteiger partial charge on any atom is 0.165 e. The number of phenolic OH excluding ortho intramolecular Hbond substituents is 1. The van der Waals surface area contributed by atoms with Gasteiger partial charge in [-0.1, -0.05) is 36.4 Å². The number of phenols is 1. The number of thiazole rings is 1. The molecule has 0 radical (unpaired) electrons. The highest BCUT2D eigenvalue weighted by atomic mass is 32.1. The number of aromatic hydroxyl groups is 1. The van der Waals surface area contributed by atoms with Crippen molar-refractivity contribution in [1.82, 2.24) is 9.88 Å². The molecule has 0 amide bonds. The van der Waals surface area contributed by atoms with Gasteiger partial charge >= 0.3 is 0 Å². The summed E-state index contributed by atoms with van der Waals surface area (Å²) in [6.07, 6.45) is 4.27. The fraction of sp³-hybridized carbons (Fsp3) is 0.192. The third-order valence-corrected chi connectivity index (χ3v) is 6.61. The van der Waals surface area contributed by atoms with E-state index in [4.69, 9.17) is 14.5 Å². The van der Waals surface area contributed by atoms with Gasteiger partial charge in [0.25, 0.3) is 0 Å². The first-order valence-electron chi connectivity index (χ1n) is 10.6. The van der Waals surface area contributed by atoms with Crippen molar-refractivity contribution in [2.45, 2.75) is 6.54 Å². The van der Waals surface area contributed by atoms with Crippen molar-refractivity contribution in [3.63, 3.8) is 0 Å². The van der Waals surface area contributed by atoms with Crippen LogP contribution in [0.25, 0.3) is 26.9 Å². The summed E-state index contributed by atoms with van der Waals surface area (Å²) in [6, 6.07) is 19.9. The Kier molecular flexibility index (Phi) is 5.79. The van der Waals surface area contributed by atoms with Gasteiger partial charge in [0.2, 0.25) is 0 Å². The molecular weight excluding hydrogens is 420 g/mol. The van der Waals surface area contributed by atoms with E-state index in [1.54, 1.807) is 24.5 Å². The van der Waals surface area contributed by atoms with Gasteiger partial charge in [-0.15, -0.1) is 11.3 Å². The third-order valence-electron chi connectivity index (χ3n) is 5.52. The van der Waals surface area contributed by atoms with E-state index in [1.807, 2.05) is 42.5 Å².